The first-order chi connectivity index (χ1) is 18.2. The Bertz CT molecular complexity index is 1090. The third-order valence-electron chi connectivity index (χ3n) is 5.69. The van der Waals surface area contributed by atoms with E-state index in [1.807, 2.05) is 0 Å². The number of nitrogens with one attached hydrogen (secondary N) is 6. The van der Waals surface area contributed by atoms with Crippen molar-refractivity contribution in [2.45, 2.75) is 19.1 Å². The summed E-state index contributed by atoms with van der Waals surface area (Å²) in [5.41, 5.74) is 5.66. The molecule has 1 aromatic carbocycles. The van der Waals surface area contributed by atoms with Crippen LogP contribution in [-0.2, 0) is 30.5 Å². The number of benzene rings is 1. The standard InChI is InChI=1S/C22H28N8O8/c31-16(28-29-20-23-7-8-24-20)6-9-30(18(33)11-26-21(30)36)12-17(32)25-10-15(19(34)35)27-22(37)38-13-14-4-2-1-3-5-14/h1-5,15H,6-13H2,(H6-,23,24,25,26,27,28,29,31,32,34,35,36,37)/p+1. The number of nitrogens with zero attached hydrogens (tertiary/aromatic N) is 2. The number of aliphatic imine (C=N–C) groups is 1. The van der Waals surface area contributed by atoms with Crippen LogP contribution in [0.2, 0.25) is 0 Å². The van der Waals surface area contributed by atoms with Crippen LogP contribution < -0.4 is 32.1 Å². The molecule has 2 aliphatic rings. The molecule has 0 radical (unpaired) electrons. The van der Waals surface area contributed by atoms with Gasteiger partial charge in [-0.15, -0.1) is 0 Å². The van der Waals surface area contributed by atoms with E-state index in [1.54, 1.807) is 30.3 Å². The Balaban J connectivity index is 1.51. The van der Waals surface area contributed by atoms with Crippen molar-refractivity contribution in [1.82, 2.24) is 32.1 Å². The molecule has 2 atom stereocenters. The molecule has 0 aliphatic carbocycles. The highest BCUT2D eigenvalue weighted by molar-refractivity contribution is 5.95. The Hall–Kier alpha value is -4.73. The number of urea groups is 1. The van der Waals surface area contributed by atoms with Gasteiger partial charge in [-0.05, 0) is 5.56 Å². The average Bonchev–Trinajstić information content (AvgIpc) is 3.52. The van der Waals surface area contributed by atoms with E-state index in [2.05, 4.69) is 37.1 Å². The summed E-state index contributed by atoms with van der Waals surface area (Å²) in [7, 11) is 0. The van der Waals surface area contributed by atoms with Gasteiger partial charge in [0.1, 0.15) is 25.7 Å². The molecule has 2 unspecified atom stereocenters. The highest BCUT2D eigenvalue weighted by atomic mass is 16.5. The highest BCUT2D eigenvalue weighted by Gasteiger charge is 2.51. The summed E-state index contributed by atoms with van der Waals surface area (Å²) in [6, 6.07) is 6.43. The molecule has 7 N–H and O–H groups in total. The van der Waals surface area contributed by atoms with E-state index in [4.69, 9.17) is 4.74 Å². The third kappa shape index (κ3) is 7.63. The highest BCUT2D eigenvalue weighted by Crippen LogP contribution is 2.15. The number of rotatable bonds is 11. The maximum absolute atomic E-state index is 12.6. The second-order valence-electron chi connectivity index (χ2n) is 8.38. The second kappa shape index (κ2) is 13.0. The molecule has 204 valence electrons. The number of quaternary nitrogens is 1. The first-order valence-electron chi connectivity index (χ1n) is 11.7. The number of hydrogen-bond donors (Lipinski definition) is 7. The molecule has 0 bridgehead atoms. The van der Waals surface area contributed by atoms with Crippen molar-refractivity contribution in [3.8, 4) is 0 Å². The molecule has 1 aromatic rings. The summed E-state index contributed by atoms with van der Waals surface area (Å²) in [5.74, 6) is -3.06. The van der Waals surface area contributed by atoms with Crippen LogP contribution in [-0.4, -0.2) is 96.7 Å². The van der Waals surface area contributed by atoms with E-state index in [0.717, 1.165) is 0 Å². The fraction of sp³-hybridized carbons (Fsp3) is 0.409. The number of carbonyl (C=O) groups is 6. The molecule has 1 saturated heterocycles. The number of ether oxygens (including phenoxy) is 1. The molecule has 6 amide bonds. The van der Waals surface area contributed by atoms with Crippen LogP contribution in [0.15, 0.2) is 35.3 Å². The summed E-state index contributed by atoms with van der Waals surface area (Å²) in [4.78, 5) is 77.5. The topological polar surface area (TPSA) is 216 Å². The molecular formula is C22H29N8O8+. The maximum atomic E-state index is 12.6. The van der Waals surface area contributed by atoms with Gasteiger partial charge in [0.05, 0.1) is 13.0 Å². The molecule has 0 spiro atoms. The quantitative estimate of drug-likeness (QED) is 0.0902. The number of aliphatic carboxylic acids is 1. The summed E-state index contributed by atoms with van der Waals surface area (Å²) < 4.78 is 4.02. The van der Waals surface area contributed by atoms with Crippen LogP contribution in [0, 0.1) is 0 Å². The summed E-state index contributed by atoms with van der Waals surface area (Å²) in [5, 5.41) is 19.1. The molecule has 3 rings (SSSR count). The van der Waals surface area contributed by atoms with Gasteiger partial charge in [0.2, 0.25) is 11.9 Å². The molecule has 16 nitrogen and oxygen atoms in total. The molecule has 2 aliphatic heterocycles. The van der Waals surface area contributed by atoms with Crippen molar-refractivity contribution in [2.24, 2.45) is 4.99 Å². The SMILES string of the molecule is O=C(C[N+]1(CCC(=O)NNC2=NCCN2)C(=O)CNC1=O)NCC(NC(=O)OCc1ccccc1)C(=O)O. The van der Waals surface area contributed by atoms with Crippen molar-refractivity contribution in [3.05, 3.63) is 35.9 Å². The van der Waals surface area contributed by atoms with Gasteiger partial charge in [0.25, 0.3) is 5.91 Å². The number of hydrazine groups is 1. The molecule has 16 heteroatoms. The zero-order chi connectivity index (χ0) is 27.5. The summed E-state index contributed by atoms with van der Waals surface area (Å²) >= 11 is 0. The fourth-order valence-electron chi connectivity index (χ4n) is 3.62. The van der Waals surface area contributed by atoms with Crippen molar-refractivity contribution in [3.63, 3.8) is 0 Å². The van der Waals surface area contributed by atoms with Gasteiger partial charge >= 0.3 is 24.0 Å². The Labute approximate surface area is 216 Å². The number of alkyl carbamates (subject to hydrolysis) is 1. The lowest BCUT2D eigenvalue weighted by molar-refractivity contribution is -0.758. The van der Waals surface area contributed by atoms with E-state index in [-0.39, 0.29) is 26.1 Å². The van der Waals surface area contributed by atoms with Gasteiger partial charge in [0.15, 0.2) is 6.54 Å². The van der Waals surface area contributed by atoms with Crippen LogP contribution in [0.25, 0.3) is 0 Å². The Morgan fingerprint density at radius 1 is 1.11 bits per heavy atom. The van der Waals surface area contributed by atoms with Gasteiger partial charge in [-0.3, -0.25) is 30.7 Å². The van der Waals surface area contributed by atoms with Gasteiger partial charge in [0, 0.05) is 13.1 Å². The van der Waals surface area contributed by atoms with Crippen LogP contribution >= 0.6 is 0 Å². The lowest BCUT2D eigenvalue weighted by Gasteiger charge is -2.26. The number of hydrogen-bond acceptors (Lipinski definition) is 10. The number of guanidine groups is 1. The zero-order valence-corrected chi connectivity index (χ0v) is 20.3. The van der Waals surface area contributed by atoms with Gasteiger partial charge < -0.3 is 25.8 Å². The number of carbonyl (C=O) groups excluding carboxylic acids is 5. The largest absolute Gasteiger partial charge is 0.480 e. The average molecular weight is 534 g/mol. The van der Waals surface area contributed by atoms with E-state index in [1.165, 1.54) is 0 Å². The molecule has 38 heavy (non-hydrogen) atoms. The predicted molar refractivity (Wildman–Crippen MR) is 129 cm³/mol. The zero-order valence-electron chi connectivity index (χ0n) is 20.3. The van der Waals surface area contributed by atoms with Crippen LogP contribution in [0.5, 0.6) is 0 Å². The second-order valence-corrected chi connectivity index (χ2v) is 8.38. The molecular weight excluding hydrogens is 504 g/mol. The monoisotopic (exact) mass is 533 g/mol. The van der Waals surface area contributed by atoms with Gasteiger partial charge in [-0.25, -0.2) is 19.2 Å². The van der Waals surface area contributed by atoms with E-state index < -0.39 is 59.4 Å². The predicted octanol–water partition coefficient (Wildman–Crippen LogP) is -2.48. The van der Waals surface area contributed by atoms with Crippen LogP contribution in [0.3, 0.4) is 0 Å². The maximum Gasteiger partial charge on any atom is 0.425 e. The van der Waals surface area contributed by atoms with Crippen molar-refractivity contribution < 1.29 is 43.1 Å². The minimum absolute atomic E-state index is 0.0870. The minimum Gasteiger partial charge on any atom is -0.480 e. The lowest BCUT2D eigenvalue weighted by Crippen LogP contribution is -2.60. The van der Waals surface area contributed by atoms with Gasteiger partial charge in [-0.1, -0.05) is 30.3 Å². The number of carboxylic acids is 1. The Morgan fingerprint density at radius 3 is 2.50 bits per heavy atom. The number of amides is 6. The summed E-state index contributed by atoms with van der Waals surface area (Å²) in [6.45, 7) is -0.744. The molecule has 0 saturated carbocycles. The summed E-state index contributed by atoms with van der Waals surface area (Å²) in [6.07, 6.45) is -1.29. The Morgan fingerprint density at radius 2 is 1.87 bits per heavy atom. The van der Waals surface area contributed by atoms with Crippen molar-refractivity contribution in [1.29, 1.82) is 0 Å². The first-order valence-corrected chi connectivity index (χ1v) is 11.7. The Kier molecular flexibility index (Phi) is 9.53. The van der Waals surface area contributed by atoms with Crippen molar-refractivity contribution in [2.75, 3.05) is 39.3 Å². The van der Waals surface area contributed by atoms with Crippen LogP contribution in [0.4, 0.5) is 9.59 Å². The normalized spacial score (nSPS) is 18.9. The van der Waals surface area contributed by atoms with Gasteiger partial charge in [-0.2, -0.15) is 4.48 Å². The molecule has 2 heterocycles. The molecule has 1 fully saturated rings. The number of carboxylic acid groups (broad SMARTS) is 1. The van der Waals surface area contributed by atoms with Crippen LogP contribution in [0.1, 0.15) is 12.0 Å². The van der Waals surface area contributed by atoms with Crippen molar-refractivity contribution >= 4 is 41.8 Å². The van der Waals surface area contributed by atoms with E-state index >= 15 is 0 Å². The van der Waals surface area contributed by atoms with E-state index in [9.17, 15) is 33.9 Å². The number of imide groups is 1. The van der Waals surface area contributed by atoms with E-state index in [0.29, 0.717) is 24.6 Å². The molecule has 0 aromatic heterocycles. The smallest absolute Gasteiger partial charge is 0.425 e. The first kappa shape index (κ1) is 27.9. The third-order valence-corrected chi connectivity index (χ3v) is 5.69. The lowest BCUT2D eigenvalue weighted by atomic mass is 10.2. The minimum atomic E-state index is -1.54. The fourth-order valence-corrected chi connectivity index (χ4v) is 3.62.